The summed E-state index contributed by atoms with van der Waals surface area (Å²) in [6.07, 6.45) is 1.25. The minimum atomic E-state index is -0.358. The fraction of sp³-hybridized carbons (Fsp3) is 0.588. The summed E-state index contributed by atoms with van der Waals surface area (Å²) in [5.41, 5.74) is 1.00. The summed E-state index contributed by atoms with van der Waals surface area (Å²) in [7, 11) is 0. The maximum Gasteiger partial charge on any atom is 0.317 e. The van der Waals surface area contributed by atoms with Crippen molar-refractivity contribution in [3.8, 4) is 5.75 Å². The van der Waals surface area contributed by atoms with E-state index in [9.17, 15) is 9.90 Å². The van der Waals surface area contributed by atoms with Gasteiger partial charge in [0.25, 0.3) is 0 Å². The second kappa shape index (κ2) is 8.41. The Morgan fingerprint density at radius 3 is 3.00 bits per heavy atom. The standard InChI is InChI=1S/C17H25ClN2O3/c1-12-10-15(18)4-5-16(12)23-9-3-7-19-17(22)20-8-6-14(11-20)13(2)21/h4-5,10,13-14,21H,3,6-9,11H2,1-2H3,(H,19,22)/t13-,14+/m0/s1. The first-order chi connectivity index (χ1) is 11.0. The first-order valence-electron chi connectivity index (χ1n) is 8.07. The first kappa shape index (κ1) is 17.9. The van der Waals surface area contributed by atoms with Gasteiger partial charge in [-0.25, -0.2) is 4.79 Å². The zero-order valence-corrected chi connectivity index (χ0v) is 14.5. The van der Waals surface area contributed by atoms with E-state index in [0.717, 1.165) is 24.2 Å². The third-order valence-electron chi connectivity index (χ3n) is 4.19. The number of carbonyl (C=O) groups excluding carboxylic acids is 1. The van der Waals surface area contributed by atoms with Gasteiger partial charge in [-0.05, 0) is 50.5 Å². The van der Waals surface area contributed by atoms with E-state index >= 15 is 0 Å². The summed E-state index contributed by atoms with van der Waals surface area (Å²) in [6.45, 7) is 6.18. The number of likely N-dealkylation sites (tertiary alicyclic amines) is 1. The molecule has 128 valence electrons. The van der Waals surface area contributed by atoms with E-state index in [2.05, 4.69) is 5.32 Å². The second-order valence-corrected chi connectivity index (χ2v) is 6.52. The number of benzene rings is 1. The molecule has 2 N–H and O–H groups in total. The molecule has 0 bridgehead atoms. The number of hydrogen-bond donors (Lipinski definition) is 2. The van der Waals surface area contributed by atoms with Gasteiger partial charge in [0.1, 0.15) is 5.75 Å². The van der Waals surface area contributed by atoms with Crippen molar-refractivity contribution >= 4 is 17.6 Å². The molecular formula is C17H25ClN2O3. The number of nitrogens with one attached hydrogen (secondary N) is 1. The average molecular weight is 341 g/mol. The smallest absolute Gasteiger partial charge is 0.317 e. The average Bonchev–Trinajstić information content (AvgIpc) is 2.99. The molecule has 5 nitrogen and oxygen atoms in total. The van der Waals surface area contributed by atoms with Crippen LogP contribution < -0.4 is 10.1 Å². The molecule has 23 heavy (non-hydrogen) atoms. The lowest BCUT2D eigenvalue weighted by molar-refractivity contribution is 0.129. The number of amides is 2. The second-order valence-electron chi connectivity index (χ2n) is 6.08. The molecule has 1 saturated heterocycles. The molecule has 1 aromatic rings. The van der Waals surface area contributed by atoms with Crippen LogP contribution in [0.4, 0.5) is 4.79 Å². The molecule has 0 aliphatic carbocycles. The van der Waals surface area contributed by atoms with E-state index in [1.807, 2.05) is 19.1 Å². The Bertz CT molecular complexity index is 537. The fourth-order valence-corrected chi connectivity index (χ4v) is 2.93. The molecule has 0 saturated carbocycles. The zero-order chi connectivity index (χ0) is 16.8. The van der Waals surface area contributed by atoms with E-state index in [0.29, 0.717) is 31.3 Å². The maximum atomic E-state index is 12.0. The van der Waals surface area contributed by atoms with Crippen molar-refractivity contribution in [3.05, 3.63) is 28.8 Å². The zero-order valence-electron chi connectivity index (χ0n) is 13.7. The summed E-state index contributed by atoms with van der Waals surface area (Å²) in [5.74, 6) is 1.01. The van der Waals surface area contributed by atoms with Crippen LogP contribution in [0.2, 0.25) is 5.02 Å². The monoisotopic (exact) mass is 340 g/mol. The molecule has 0 aromatic heterocycles. The number of hydrogen-bond acceptors (Lipinski definition) is 3. The lowest BCUT2D eigenvalue weighted by Crippen LogP contribution is -2.39. The van der Waals surface area contributed by atoms with Crippen LogP contribution in [0.1, 0.15) is 25.3 Å². The number of urea groups is 1. The molecule has 2 atom stereocenters. The Morgan fingerprint density at radius 2 is 2.35 bits per heavy atom. The largest absolute Gasteiger partial charge is 0.493 e. The number of halogens is 1. The van der Waals surface area contributed by atoms with Crippen molar-refractivity contribution in [1.29, 1.82) is 0 Å². The number of aliphatic hydroxyl groups is 1. The number of nitrogens with zero attached hydrogens (tertiary/aromatic N) is 1. The Morgan fingerprint density at radius 1 is 1.57 bits per heavy atom. The van der Waals surface area contributed by atoms with Crippen LogP contribution in [0.25, 0.3) is 0 Å². The highest BCUT2D eigenvalue weighted by molar-refractivity contribution is 6.30. The third-order valence-corrected chi connectivity index (χ3v) is 4.42. The van der Waals surface area contributed by atoms with Crippen molar-refractivity contribution in [2.75, 3.05) is 26.2 Å². The summed E-state index contributed by atoms with van der Waals surface area (Å²) < 4.78 is 5.69. The van der Waals surface area contributed by atoms with E-state index in [1.54, 1.807) is 17.9 Å². The molecule has 1 heterocycles. The van der Waals surface area contributed by atoms with Crippen LogP contribution >= 0.6 is 11.6 Å². The maximum absolute atomic E-state index is 12.0. The van der Waals surface area contributed by atoms with Gasteiger partial charge in [-0.15, -0.1) is 0 Å². The van der Waals surface area contributed by atoms with Crippen molar-refractivity contribution < 1.29 is 14.6 Å². The molecule has 2 amide bonds. The molecule has 1 aliphatic heterocycles. The van der Waals surface area contributed by atoms with Crippen LogP contribution in [0.15, 0.2) is 18.2 Å². The highest BCUT2D eigenvalue weighted by atomic mass is 35.5. The molecule has 0 unspecified atom stereocenters. The Hall–Kier alpha value is -1.46. The van der Waals surface area contributed by atoms with Gasteiger partial charge in [0.2, 0.25) is 0 Å². The van der Waals surface area contributed by atoms with Crippen LogP contribution in [-0.4, -0.2) is 48.4 Å². The molecule has 1 aromatic carbocycles. The van der Waals surface area contributed by atoms with Gasteiger partial charge in [0.15, 0.2) is 0 Å². The number of rotatable bonds is 6. The normalized spacial score (nSPS) is 18.8. The minimum absolute atomic E-state index is 0.0594. The van der Waals surface area contributed by atoms with Gasteiger partial charge in [-0.1, -0.05) is 11.6 Å². The van der Waals surface area contributed by atoms with Gasteiger partial charge in [0, 0.05) is 30.6 Å². The molecule has 1 fully saturated rings. The molecule has 0 spiro atoms. The van der Waals surface area contributed by atoms with Gasteiger partial charge in [0.05, 0.1) is 12.7 Å². The van der Waals surface area contributed by atoms with E-state index in [4.69, 9.17) is 16.3 Å². The van der Waals surface area contributed by atoms with Crippen molar-refractivity contribution in [2.45, 2.75) is 32.8 Å². The summed E-state index contributed by atoms with van der Waals surface area (Å²) in [5, 5.41) is 13.2. The highest BCUT2D eigenvalue weighted by Crippen LogP contribution is 2.22. The molecule has 1 aliphatic rings. The van der Waals surface area contributed by atoms with E-state index in [1.165, 1.54) is 0 Å². The van der Waals surface area contributed by atoms with Crippen LogP contribution in [0.3, 0.4) is 0 Å². The quantitative estimate of drug-likeness (QED) is 0.783. The lowest BCUT2D eigenvalue weighted by atomic mass is 10.0. The predicted octanol–water partition coefficient (Wildman–Crippen LogP) is 2.83. The van der Waals surface area contributed by atoms with Crippen LogP contribution in [0.5, 0.6) is 5.75 Å². The molecule has 2 rings (SSSR count). The topological polar surface area (TPSA) is 61.8 Å². The third kappa shape index (κ3) is 5.29. The lowest BCUT2D eigenvalue weighted by Gasteiger charge is -2.18. The van der Waals surface area contributed by atoms with Crippen LogP contribution in [-0.2, 0) is 0 Å². The van der Waals surface area contributed by atoms with E-state index in [-0.39, 0.29) is 18.1 Å². The molecule has 6 heteroatoms. The SMILES string of the molecule is Cc1cc(Cl)ccc1OCCCNC(=O)N1CC[C@@H]([C@H](C)O)C1. The number of ether oxygens (including phenoxy) is 1. The van der Waals surface area contributed by atoms with Crippen molar-refractivity contribution in [3.63, 3.8) is 0 Å². The van der Waals surface area contributed by atoms with Gasteiger partial charge >= 0.3 is 6.03 Å². The van der Waals surface area contributed by atoms with Crippen molar-refractivity contribution in [1.82, 2.24) is 10.2 Å². The number of aliphatic hydroxyl groups excluding tert-OH is 1. The Balaban J connectivity index is 1.63. The highest BCUT2D eigenvalue weighted by Gasteiger charge is 2.28. The molecular weight excluding hydrogens is 316 g/mol. The van der Waals surface area contributed by atoms with Gasteiger partial charge in [-0.2, -0.15) is 0 Å². The number of aryl methyl sites for hydroxylation is 1. The summed E-state index contributed by atoms with van der Waals surface area (Å²) in [6, 6.07) is 5.47. The Kier molecular flexibility index (Phi) is 6.54. The Labute approximate surface area is 142 Å². The summed E-state index contributed by atoms with van der Waals surface area (Å²) >= 11 is 5.90. The number of carbonyl (C=O) groups is 1. The van der Waals surface area contributed by atoms with Crippen molar-refractivity contribution in [2.24, 2.45) is 5.92 Å². The molecule has 0 radical (unpaired) electrons. The predicted molar refractivity (Wildman–Crippen MR) is 91.1 cm³/mol. The summed E-state index contributed by atoms with van der Waals surface area (Å²) in [4.78, 5) is 13.8. The van der Waals surface area contributed by atoms with Gasteiger partial charge < -0.3 is 20.1 Å². The van der Waals surface area contributed by atoms with Gasteiger partial charge in [-0.3, -0.25) is 0 Å². The first-order valence-corrected chi connectivity index (χ1v) is 8.45. The fourth-order valence-electron chi connectivity index (χ4n) is 2.70. The minimum Gasteiger partial charge on any atom is -0.493 e. The van der Waals surface area contributed by atoms with Crippen LogP contribution in [0, 0.1) is 12.8 Å². The van der Waals surface area contributed by atoms with E-state index < -0.39 is 0 Å².